The maximum Gasteiger partial charge on any atom is 0.230 e. The molecule has 0 atom stereocenters. The van der Waals surface area contributed by atoms with Crippen molar-refractivity contribution in [2.24, 2.45) is 0 Å². The van der Waals surface area contributed by atoms with Crippen molar-refractivity contribution in [3.63, 3.8) is 0 Å². The molecular formula is C20H19BrClN3OS. The fraction of sp³-hybridized carbons (Fsp3) is 0.200. The average Bonchev–Trinajstić information content (AvgIpc) is 3.04. The van der Waals surface area contributed by atoms with Crippen LogP contribution in [0.25, 0.3) is 16.9 Å². The van der Waals surface area contributed by atoms with Gasteiger partial charge in [-0.05, 0) is 44.2 Å². The highest BCUT2D eigenvalue weighted by Crippen LogP contribution is 2.31. The fourth-order valence-electron chi connectivity index (χ4n) is 2.62. The number of amides is 1. The summed E-state index contributed by atoms with van der Waals surface area (Å²) in [4.78, 5) is 16.6. The van der Waals surface area contributed by atoms with Crippen LogP contribution in [-0.2, 0) is 4.79 Å². The molecule has 1 aromatic heterocycles. The summed E-state index contributed by atoms with van der Waals surface area (Å²) in [5.74, 6) is 0.288. The van der Waals surface area contributed by atoms with Gasteiger partial charge in [0.05, 0.1) is 17.6 Å². The number of benzene rings is 2. The van der Waals surface area contributed by atoms with Crippen LogP contribution in [0.1, 0.15) is 13.8 Å². The van der Waals surface area contributed by atoms with Crippen LogP contribution in [0.2, 0.25) is 5.02 Å². The number of imidazole rings is 1. The second-order valence-corrected chi connectivity index (χ2v) is 8.55. The minimum Gasteiger partial charge on any atom is -0.353 e. The molecule has 140 valence electrons. The molecule has 3 rings (SSSR count). The molecule has 0 aliphatic rings. The standard InChI is InChI=1S/C20H19BrClN3OS/c1-13(2)24-19(26)12-27-20-23-11-18(14-6-8-15(21)9-7-14)25(20)17-5-3-4-16(22)10-17/h3-11,13H,12H2,1-2H3,(H,24,26). The maximum atomic E-state index is 12.0. The van der Waals surface area contributed by atoms with E-state index in [-0.39, 0.29) is 11.9 Å². The largest absolute Gasteiger partial charge is 0.353 e. The normalized spacial score (nSPS) is 11.0. The van der Waals surface area contributed by atoms with Crippen molar-refractivity contribution in [3.8, 4) is 16.9 Å². The smallest absolute Gasteiger partial charge is 0.230 e. The van der Waals surface area contributed by atoms with Gasteiger partial charge in [0.25, 0.3) is 0 Å². The van der Waals surface area contributed by atoms with E-state index in [1.54, 1.807) is 0 Å². The number of hydrogen-bond acceptors (Lipinski definition) is 3. The number of thioether (sulfide) groups is 1. The number of nitrogens with zero attached hydrogens (tertiary/aromatic N) is 2. The Bertz CT molecular complexity index is 941. The van der Waals surface area contributed by atoms with Crippen molar-refractivity contribution >= 4 is 45.2 Å². The number of carbonyl (C=O) groups excluding carboxylic acids is 1. The zero-order chi connectivity index (χ0) is 19.4. The van der Waals surface area contributed by atoms with E-state index in [1.165, 1.54) is 11.8 Å². The van der Waals surface area contributed by atoms with Crippen LogP contribution in [0.15, 0.2) is 64.4 Å². The molecule has 2 aromatic carbocycles. The number of halogens is 2. The number of rotatable bonds is 6. The van der Waals surface area contributed by atoms with Gasteiger partial charge >= 0.3 is 0 Å². The van der Waals surface area contributed by atoms with E-state index in [0.29, 0.717) is 10.8 Å². The van der Waals surface area contributed by atoms with Crippen LogP contribution in [-0.4, -0.2) is 27.3 Å². The Balaban J connectivity index is 1.98. The third-order valence-corrected chi connectivity index (χ3v) is 5.43. The Hall–Kier alpha value is -1.76. The summed E-state index contributed by atoms with van der Waals surface area (Å²) in [5, 5.41) is 4.30. The topological polar surface area (TPSA) is 46.9 Å². The van der Waals surface area contributed by atoms with Gasteiger partial charge in [0, 0.05) is 26.8 Å². The Morgan fingerprint density at radius 1 is 1.26 bits per heavy atom. The SMILES string of the molecule is CC(C)NC(=O)CSc1ncc(-c2ccc(Br)cc2)n1-c1cccc(Cl)c1. The van der Waals surface area contributed by atoms with Crippen LogP contribution in [0.5, 0.6) is 0 Å². The van der Waals surface area contributed by atoms with Crippen LogP contribution >= 0.6 is 39.3 Å². The van der Waals surface area contributed by atoms with Gasteiger partial charge in [-0.25, -0.2) is 4.98 Å². The second-order valence-electron chi connectivity index (χ2n) is 6.26. The van der Waals surface area contributed by atoms with Crippen molar-refractivity contribution in [2.45, 2.75) is 25.0 Å². The molecule has 4 nitrogen and oxygen atoms in total. The molecule has 0 spiro atoms. The molecule has 0 fully saturated rings. The highest BCUT2D eigenvalue weighted by molar-refractivity contribution is 9.10. The third kappa shape index (κ3) is 5.15. The predicted molar refractivity (Wildman–Crippen MR) is 116 cm³/mol. The van der Waals surface area contributed by atoms with Gasteiger partial charge in [0.2, 0.25) is 5.91 Å². The fourth-order valence-corrected chi connectivity index (χ4v) is 3.87. The first kappa shape index (κ1) is 20.0. The van der Waals surface area contributed by atoms with Gasteiger partial charge in [0.1, 0.15) is 0 Å². The van der Waals surface area contributed by atoms with Gasteiger partial charge < -0.3 is 5.32 Å². The molecule has 1 amide bonds. The Morgan fingerprint density at radius 3 is 2.67 bits per heavy atom. The van der Waals surface area contributed by atoms with Gasteiger partial charge in [-0.3, -0.25) is 9.36 Å². The summed E-state index contributed by atoms with van der Waals surface area (Å²) >= 11 is 11.1. The molecule has 0 radical (unpaired) electrons. The van der Waals surface area contributed by atoms with Crippen molar-refractivity contribution in [1.82, 2.24) is 14.9 Å². The minimum absolute atomic E-state index is 0.0131. The van der Waals surface area contributed by atoms with Crippen molar-refractivity contribution < 1.29 is 4.79 Å². The van der Waals surface area contributed by atoms with E-state index in [2.05, 4.69) is 26.2 Å². The zero-order valence-electron chi connectivity index (χ0n) is 14.9. The lowest BCUT2D eigenvalue weighted by Gasteiger charge is -2.13. The lowest BCUT2D eigenvalue weighted by molar-refractivity contribution is -0.119. The first-order valence-corrected chi connectivity index (χ1v) is 10.6. The molecule has 7 heteroatoms. The summed E-state index contributed by atoms with van der Waals surface area (Å²) in [5.41, 5.74) is 2.88. The summed E-state index contributed by atoms with van der Waals surface area (Å²) < 4.78 is 3.04. The first-order valence-electron chi connectivity index (χ1n) is 8.46. The van der Waals surface area contributed by atoms with E-state index >= 15 is 0 Å². The Labute approximate surface area is 176 Å². The van der Waals surface area contributed by atoms with Crippen LogP contribution in [0.3, 0.4) is 0 Å². The molecule has 0 saturated heterocycles. The van der Waals surface area contributed by atoms with Gasteiger partial charge in [-0.2, -0.15) is 0 Å². The average molecular weight is 465 g/mol. The molecule has 0 saturated carbocycles. The molecule has 1 heterocycles. The molecule has 0 unspecified atom stereocenters. The summed E-state index contributed by atoms with van der Waals surface area (Å²) in [6.45, 7) is 3.89. The highest BCUT2D eigenvalue weighted by atomic mass is 79.9. The van der Waals surface area contributed by atoms with E-state index in [4.69, 9.17) is 11.6 Å². The third-order valence-electron chi connectivity index (χ3n) is 3.72. The van der Waals surface area contributed by atoms with Gasteiger partial charge in [0.15, 0.2) is 5.16 Å². The molecule has 27 heavy (non-hydrogen) atoms. The first-order chi connectivity index (χ1) is 12.9. The molecule has 3 aromatic rings. The minimum atomic E-state index is -0.0131. The Morgan fingerprint density at radius 2 is 2.00 bits per heavy atom. The number of nitrogens with one attached hydrogen (secondary N) is 1. The monoisotopic (exact) mass is 463 g/mol. The lowest BCUT2D eigenvalue weighted by atomic mass is 10.1. The van der Waals surface area contributed by atoms with Crippen LogP contribution < -0.4 is 5.32 Å². The molecular weight excluding hydrogens is 446 g/mol. The van der Waals surface area contributed by atoms with Crippen LogP contribution in [0.4, 0.5) is 0 Å². The zero-order valence-corrected chi connectivity index (χ0v) is 18.1. The van der Waals surface area contributed by atoms with E-state index in [0.717, 1.165) is 26.6 Å². The van der Waals surface area contributed by atoms with E-state index in [9.17, 15) is 4.79 Å². The Kier molecular flexibility index (Phi) is 6.63. The second kappa shape index (κ2) is 8.95. The maximum absolute atomic E-state index is 12.0. The van der Waals surface area contributed by atoms with E-state index in [1.807, 2.05) is 73.1 Å². The van der Waals surface area contributed by atoms with Gasteiger partial charge in [-0.15, -0.1) is 0 Å². The number of aromatic nitrogens is 2. The summed E-state index contributed by atoms with van der Waals surface area (Å²) in [6, 6.07) is 15.8. The molecule has 0 bridgehead atoms. The van der Waals surface area contributed by atoms with Crippen molar-refractivity contribution in [2.75, 3.05) is 5.75 Å². The van der Waals surface area contributed by atoms with Crippen molar-refractivity contribution in [3.05, 3.63) is 64.2 Å². The molecule has 1 N–H and O–H groups in total. The van der Waals surface area contributed by atoms with Crippen LogP contribution in [0, 0.1) is 0 Å². The lowest BCUT2D eigenvalue weighted by Crippen LogP contribution is -2.31. The number of hydrogen-bond donors (Lipinski definition) is 1. The number of carbonyl (C=O) groups is 1. The highest BCUT2D eigenvalue weighted by Gasteiger charge is 2.16. The molecule has 0 aliphatic carbocycles. The van der Waals surface area contributed by atoms with Crippen molar-refractivity contribution in [1.29, 1.82) is 0 Å². The predicted octanol–water partition coefficient (Wildman–Crippen LogP) is 5.57. The summed E-state index contributed by atoms with van der Waals surface area (Å²) in [6.07, 6.45) is 1.83. The van der Waals surface area contributed by atoms with Gasteiger partial charge in [-0.1, -0.05) is 57.5 Å². The molecule has 0 aliphatic heterocycles. The quantitative estimate of drug-likeness (QED) is 0.485. The van der Waals surface area contributed by atoms with E-state index < -0.39 is 0 Å². The summed E-state index contributed by atoms with van der Waals surface area (Å²) in [7, 11) is 0.